The molecule has 0 saturated carbocycles. The van der Waals surface area contributed by atoms with E-state index in [1.807, 2.05) is 4.90 Å². The van der Waals surface area contributed by atoms with Crippen molar-refractivity contribution in [1.29, 1.82) is 0 Å². The zero-order chi connectivity index (χ0) is 22.5. The lowest BCUT2D eigenvalue weighted by Gasteiger charge is -2.34. The molecule has 0 radical (unpaired) electrons. The molecule has 1 aromatic carbocycles. The minimum atomic E-state index is -3.28. The second-order valence-electron chi connectivity index (χ2n) is 7.53. The Morgan fingerprint density at radius 3 is 2.35 bits per heavy atom. The highest BCUT2D eigenvalue weighted by Gasteiger charge is 2.26. The lowest BCUT2D eigenvalue weighted by Crippen LogP contribution is -2.48. The first-order valence-corrected chi connectivity index (χ1v) is 11.9. The van der Waals surface area contributed by atoms with Crippen LogP contribution in [0.1, 0.15) is 11.3 Å². The van der Waals surface area contributed by atoms with Crippen molar-refractivity contribution in [2.45, 2.75) is 13.8 Å². The number of aromatic nitrogens is 3. The molecule has 1 saturated heterocycles. The molecular weight excluding hydrogens is 445 g/mol. The Balaban J connectivity index is 1.89. The monoisotopic (exact) mass is 465 g/mol. The zero-order valence-corrected chi connectivity index (χ0v) is 18.8. The average molecular weight is 466 g/mol. The van der Waals surface area contributed by atoms with Gasteiger partial charge in [-0.1, -0.05) is 11.6 Å². The van der Waals surface area contributed by atoms with Crippen molar-refractivity contribution in [2.75, 3.05) is 37.3 Å². The van der Waals surface area contributed by atoms with Gasteiger partial charge in [-0.2, -0.15) is 4.31 Å². The van der Waals surface area contributed by atoms with Gasteiger partial charge in [0.05, 0.1) is 11.8 Å². The van der Waals surface area contributed by atoms with Crippen molar-refractivity contribution in [3.8, 4) is 11.4 Å². The molecule has 1 fully saturated rings. The fourth-order valence-corrected chi connectivity index (χ4v) is 4.59. The van der Waals surface area contributed by atoms with E-state index in [9.17, 15) is 17.6 Å². The van der Waals surface area contributed by atoms with Crippen LogP contribution in [0.25, 0.3) is 17.0 Å². The van der Waals surface area contributed by atoms with Crippen LogP contribution in [0.4, 0.5) is 10.2 Å². The molecule has 4 rings (SSSR count). The lowest BCUT2D eigenvalue weighted by molar-refractivity contribution is 0.387. The molecule has 0 bridgehead atoms. The van der Waals surface area contributed by atoms with E-state index >= 15 is 0 Å². The van der Waals surface area contributed by atoms with Gasteiger partial charge >= 0.3 is 0 Å². The SMILES string of the molecule is Cc1nc2cc(N3CCN(S(C)(=O)=O)CC3)nc(-c3ccc(Cl)cc3F)n2c(=O)c1C. The van der Waals surface area contributed by atoms with E-state index < -0.39 is 15.8 Å². The molecule has 0 atom stereocenters. The summed E-state index contributed by atoms with van der Waals surface area (Å²) in [5.41, 5.74) is 1.16. The predicted octanol–water partition coefficient (Wildman–Crippen LogP) is 2.25. The van der Waals surface area contributed by atoms with Gasteiger partial charge in [-0.05, 0) is 32.0 Å². The zero-order valence-electron chi connectivity index (χ0n) is 17.3. The summed E-state index contributed by atoms with van der Waals surface area (Å²) in [4.78, 5) is 24.0. The van der Waals surface area contributed by atoms with Crippen LogP contribution in [-0.2, 0) is 10.0 Å². The summed E-state index contributed by atoms with van der Waals surface area (Å²) >= 11 is 5.90. The first kappa shape index (κ1) is 21.7. The number of benzene rings is 1. The van der Waals surface area contributed by atoms with Gasteiger partial charge in [-0.15, -0.1) is 0 Å². The predicted molar refractivity (Wildman–Crippen MR) is 118 cm³/mol. The molecule has 11 heteroatoms. The van der Waals surface area contributed by atoms with Crippen molar-refractivity contribution < 1.29 is 12.8 Å². The van der Waals surface area contributed by atoms with Crippen LogP contribution in [0.3, 0.4) is 0 Å². The molecule has 0 spiro atoms. The minimum absolute atomic E-state index is 0.118. The van der Waals surface area contributed by atoms with Crippen molar-refractivity contribution >= 4 is 33.1 Å². The van der Waals surface area contributed by atoms with Crippen LogP contribution in [0, 0.1) is 19.7 Å². The molecule has 3 aromatic rings. The third kappa shape index (κ3) is 4.02. The number of nitrogens with zero attached hydrogens (tertiary/aromatic N) is 5. The van der Waals surface area contributed by atoms with Crippen molar-refractivity contribution in [3.05, 3.63) is 56.7 Å². The molecule has 1 aliphatic heterocycles. The molecule has 2 aromatic heterocycles. The Kier molecular flexibility index (Phi) is 5.48. The molecule has 1 aliphatic rings. The third-order valence-electron chi connectivity index (χ3n) is 5.47. The van der Waals surface area contributed by atoms with Crippen molar-refractivity contribution in [2.24, 2.45) is 0 Å². The standard InChI is InChI=1S/C20H21ClFN5O3S/c1-12-13(2)23-18-11-17(25-6-8-26(9-7-25)31(3,29)30)24-19(27(18)20(12)28)15-5-4-14(21)10-16(15)22/h4-5,10-11H,6-9H2,1-3H3. The van der Waals surface area contributed by atoms with Crippen LogP contribution in [-0.4, -0.2) is 59.5 Å². The van der Waals surface area contributed by atoms with Gasteiger partial charge in [-0.3, -0.25) is 4.79 Å². The van der Waals surface area contributed by atoms with Gasteiger partial charge in [-0.25, -0.2) is 27.2 Å². The second-order valence-corrected chi connectivity index (χ2v) is 9.95. The Morgan fingerprint density at radius 1 is 1.06 bits per heavy atom. The first-order valence-electron chi connectivity index (χ1n) is 9.63. The normalized spacial score (nSPS) is 15.6. The Bertz CT molecular complexity index is 1350. The second kappa shape index (κ2) is 7.85. The Labute approximate surface area is 184 Å². The summed E-state index contributed by atoms with van der Waals surface area (Å²) in [6.07, 6.45) is 1.18. The molecule has 3 heterocycles. The molecule has 31 heavy (non-hydrogen) atoms. The highest BCUT2D eigenvalue weighted by atomic mass is 35.5. The maximum atomic E-state index is 14.8. The van der Waals surface area contributed by atoms with Crippen LogP contribution in [0.5, 0.6) is 0 Å². The number of hydrogen-bond donors (Lipinski definition) is 0. The van der Waals surface area contributed by atoms with Crippen molar-refractivity contribution in [1.82, 2.24) is 18.7 Å². The average Bonchev–Trinajstić information content (AvgIpc) is 2.71. The summed E-state index contributed by atoms with van der Waals surface area (Å²) < 4.78 is 41.1. The molecule has 0 N–H and O–H groups in total. The number of piperazine rings is 1. The fraction of sp³-hybridized carbons (Fsp3) is 0.350. The van der Waals surface area contributed by atoms with Crippen LogP contribution in [0.15, 0.2) is 29.1 Å². The maximum absolute atomic E-state index is 14.8. The smallest absolute Gasteiger partial charge is 0.262 e. The number of halogens is 2. The highest BCUT2D eigenvalue weighted by Crippen LogP contribution is 2.27. The van der Waals surface area contributed by atoms with Gasteiger partial charge in [0, 0.05) is 48.5 Å². The topological polar surface area (TPSA) is 87.9 Å². The Hall–Kier alpha value is -2.56. The van der Waals surface area contributed by atoms with Crippen LogP contribution in [0.2, 0.25) is 5.02 Å². The molecule has 0 aliphatic carbocycles. The summed E-state index contributed by atoms with van der Waals surface area (Å²) in [7, 11) is -3.28. The molecular formula is C20H21ClFN5O3S. The van der Waals surface area contributed by atoms with E-state index in [2.05, 4.69) is 9.97 Å². The highest BCUT2D eigenvalue weighted by molar-refractivity contribution is 7.88. The Morgan fingerprint density at radius 2 is 1.74 bits per heavy atom. The number of hydrogen-bond acceptors (Lipinski definition) is 6. The summed E-state index contributed by atoms with van der Waals surface area (Å²) in [5, 5.41) is 0.233. The number of anilines is 1. The van der Waals surface area contributed by atoms with E-state index in [1.54, 1.807) is 19.9 Å². The first-order chi connectivity index (χ1) is 14.6. The fourth-order valence-electron chi connectivity index (χ4n) is 3.60. The van der Waals surface area contributed by atoms with E-state index in [-0.39, 0.29) is 22.0 Å². The molecule has 0 amide bonds. The van der Waals surface area contributed by atoms with E-state index in [0.29, 0.717) is 48.9 Å². The van der Waals surface area contributed by atoms with Gasteiger partial charge in [0.25, 0.3) is 5.56 Å². The molecule has 164 valence electrons. The molecule has 0 unspecified atom stereocenters. The molecule has 8 nitrogen and oxygen atoms in total. The van der Waals surface area contributed by atoms with E-state index in [1.165, 1.54) is 33.2 Å². The quantitative estimate of drug-likeness (QED) is 0.589. The van der Waals surface area contributed by atoms with Crippen LogP contribution >= 0.6 is 11.6 Å². The van der Waals surface area contributed by atoms with Crippen molar-refractivity contribution in [3.63, 3.8) is 0 Å². The van der Waals surface area contributed by atoms with Gasteiger partial charge < -0.3 is 4.90 Å². The number of fused-ring (bicyclic) bond motifs is 1. The van der Waals surface area contributed by atoms with Gasteiger partial charge in [0.1, 0.15) is 17.3 Å². The summed E-state index contributed by atoms with van der Waals surface area (Å²) in [6, 6.07) is 5.85. The number of rotatable bonds is 3. The van der Waals surface area contributed by atoms with Crippen LogP contribution < -0.4 is 10.5 Å². The number of sulfonamides is 1. The largest absolute Gasteiger partial charge is 0.354 e. The summed E-state index contributed by atoms with van der Waals surface area (Å²) in [6.45, 7) is 4.84. The lowest BCUT2D eigenvalue weighted by atomic mass is 10.2. The number of aryl methyl sites for hydroxylation is 1. The summed E-state index contributed by atoms with van der Waals surface area (Å²) in [5.74, 6) is 0.00550. The van der Waals surface area contributed by atoms with Gasteiger partial charge in [0.2, 0.25) is 10.0 Å². The maximum Gasteiger partial charge on any atom is 0.262 e. The third-order valence-corrected chi connectivity index (χ3v) is 7.01. The van der Waals surface area contributed by atoms with Gasteiger partial charge in [0.15, 0.2) is 5.82 Å². The minimum Gasteiger partial charge on any atom is -0.354 e. The van der Waals surface area contributed by atoms with E-state index in [4.69, 9.17) is 11.6 Å². The van der Waals surface area contributed by atoms with E-state index in [0.717, 1.165) is 0 Å².